The molecule has 0 spiro atoms. The summed E-state index contributed by atoms with van der Waals surface area (Å²) in [6, 6.07) is 7.43. The van der Waals surface area contributed by atoms with Crippen LogP contribution in [0.3, 0.4) is 0 Å². The molecular formula is C19H23N7O. The Balaban J connectivity index is 1.69. The van der Waals surface area contributed by atoms with Gasteiger partial charge in [0.25, 0.3) is 5.91 Å². The second-order valence-electron chi connectivity index (χ2n) is 6.81. The number of carbonyl (C=O) groups excluding carboxylic acids is 1. The summed E-state index contributed by atoms with van der Waals surface area (Å²) in [4.78, 5) is 24.0. The highest BCUT2D eigenvalue weighted by molar-refractivity contribution is 6.05. The number of nitrogen functional groups attached to an aromatic ring is 1. The molecule has 1 atom stereocenters. The number of fused-ring (bicyclic) bond motifs is 1. The van der Waals surface area contributed by atoms with E-state index in [1.807, 2.05) is 23.1 Å². The summed E-state index contributed by atoms with van der Waals surface area (Å²) >= 11 is 0. The van der Waals surface area contributed by atoms with E-state index in [0.717, 1.165) is 43.3 Å². The zero-order valence-electron chi connectivity index (χ0n) is 15.1. The molecule has 3 aromatic rings. The van der Waals surface area contributed by atoms with Gasteiger partial charge in [0.15, 0.2) is 0 Å². The molecule has 1 fully saturated rings. The Morgan fingerprint density at radius 2 is 2.19 bits per heavy atom. The van der Waals surface area contributed by atoms with Gasteiger partial charge in [0.1, 0.15) is 11.6 Å². The van der Waals surface area contributed by atoms with E-state index in [1.165, 1.54) is 0 Å². The van der Waals surface area contributed by atoms with Crippen molar-refractivity contribution in [1.82, 2.24) is 30.4 Å². The molecule has 4 N–H and O–H groups in total. The van der Waals surface area contributed by atoms with Gasteiger partial charge in [-0.25, -0.2) is 9.97 Å². The number of nitrogens with one attached hydrogen (secondary N) is 2. The summed E-state index contributed by atoms with van der Waals surface area (Å²) in [5.74, 6) is 0.922. The van der Waals surface area contributed by atoms with Gasteiger partial charge in [0.2, 0.25) is 0 Å². The maximum atomic E-state index is 13.5. The van der Waals surface area contributed by atoms with Crippen LogP contribution in [0.1, 0.15) is 35.4 Å². The third-order valence-corrected chi connectivity index (χ3v) is 4.99. The van der Waals surface area contributed by atoms with E-state index in [-0.39, 0.29) is 11.9 Å². The number of anilines is 1. The lowest BCUT2D eigenvalue weighted by atomic mass is 10.0. The first-order valence-electron chi connectivity index (χ1n) is 9.23. The Hall–Kier alpha value is -3.00. The van der Waals surface area contributed by atoms with E-state index in [4.69, 9.17) is 5.73 Å². The molecule has 0 saturated carbocycles. The van der Waals surface area contributed by atoms with Crippen LogP contribution < -0.4 is 11.1 Å². The van der Waals surface area contributed by atoms with Crippen molar-refractivity contribution in [1.29, 1.82) is 0 Å². The van der Waals surface area contributed by atoms with Crippen molar-refractivity contribution in [3.8, 4) is 0 Å². The van der Waals surface area contributed by atoms with E-state index in [1.54, 1.807) is 18.5 Å². The van der Waals surface area contributed by atoms with Crippen molar-refractivity contribution in [3.05, 3.63) is 48.0 Å². The lowest BCUT2D eigenvalue weighted by Gasteiger charge is -2.31. The van der Waals surface area contributed by atoms with Crippen molar-refractivity contribution in [2.45, 2.75) is 31.8 Å². The number of carbonyl (C=O) groups is 1. The SMILES string of the molecule is Nc1ccnc(CN(C(=O)c2cccc3cn[nH]c23)C2CCCNCC2)n1. The summed E-state index contributed by atoms with van der Waals surface area (Å²) in [6.45, 7) is 2.20. The largest absolute Gasteiger partial charge is 0.384 e. The molecule has 1 saturated heterocycles. The molecule has 1 aliphatic rings. The first-order valence-corrected chi connectivity index (χ1v) is 9.23. The van der Waals surface area contributed by atoms with E-state index < -0.39 is 0 Å². The van der Waals surface area contributed by atoms with Gasteiger partial charge < -0.3 is 16.0 Å². The fourth-order valence-corrected chi connectivity index (χ4v) is 3.62. The molecule has 0 aliphatic carbocycles. The minimum Gasteiger partial charge on any atom is -0.384 e. The maximum absolute atomic E-state index is 13.5. The van der Waals surface area contributed by atoms with E-state index in [2.05, 4.69) is 25.5 Å². The van der Waals surface area contributed by atoms with Gasteiger partial charge >= 0.3 is 0 Å². The second kappa shape index (κ2) is 7.71. The van der Waals surface area contributed by atoms with Crippen LogP contribution in [0, 0.1) is 0 Å². The molecular weight excluding hydrogens is 342 g/mol. The Labute approximate surface area is 157 Å². The third kappa shape index (κ3) is 3.75. The van der Waals surface area contributed by atoms with E-state index >= 15 is 0 Å². The Morgan fingerprint density at radius 3 is 3.07 bits per heavy atom. The van der Waals surface area contributed by atoms with Crippen molar-refractivity contribution in [3.63, 3.8) is 0 Å². The number of nitrogens with two attached hydrogens (primary N) is 1. The Bertz CT molecular complexity index is 930. The monoisotopic (exact) mass is 365 g/mol. The molecule has 140 valence electrons. The first kappa shape index (κ1) is 17.4. The van der Waals surface area contributed by atoms with Crippen molar-refractivity contribution in [2.75, 3.05) is 18.8 Å². The molecule has 8 nitrogen and oxygen atoms in total. The highest BCUT2D eigenvalue weighted by atomic mass is 16.2. The molecule has 1 aliphatic heterocycles. The molecule has 1 aromatic carbocycles. The Kier molecular flexibility index (Phi) is 4.97. The third-order valence-electron chi connectivity index (χ3n) is 4.99. The van der Waals surface area contributed by atoms with Crippen LogP contribution in [-0.4, -0.2) is 50.1 Å². The molecule has 3 heterocycles. The zero-order chi connectivity index (χ0) is 18.6. The highest BCUT2D eigenvalue weighted by Crippen LogP contribution is 2.23. The van der Waals surface area contributed by atoms with Crippen LogP contribution in [0.2, 0.25) is 0 Å². The van der Waals surface area contributed by atoms with Crippen LogP contribution in [-0.2, 0) is 6.54 Å². The van der Waals surface area contributed by atoms with Crippen LogP contribution in [0.4, 0.5) is 5.82 Å². The number of rotatable bonds is 4. The number of amides is 1. The lowest BCUT2D eigenvalue weighted by molar-refractivity contribution is 0.0641. The quantitative estimate of drug-likeness (QED) is 0.649. The molecule has 1 amide bonds. The van der Waals surface area contributed by atoms with Gasteiger partial charge in [0.05, 0.1) is 23.8 Å². The number of hydrogen-bond acceptors (Lipinski definition) is 6. The number of aromatic nitrogens is 4. The number of hydrogen-bond donors (Lipinski definition) is 3. The summed E-state index contributed by atoms with van der Waals surface area (Å²) in [5.41, 5.74) is 7.18. The fourth-order valence-electron chi connectivity index (χ4n) is 3.62. The van der Waals surface area contributed by atoms with E-state index in [0.29, 0.717) is 23.8 Å². The average Bonchev–Trinajstić information content (AvgIpc) is 3.00. The fraction of sp³-hybridized carbons (Fsp3) is 0.368. The Morgan fingerprint density at radius 1 is 1.26 bits per heavy atom. The number of benzene rings is 1. The van der Waals surface area contributed by atoms with Crippen LogP contribution >= 0.6 is 0 Å². The number of para-hydroxylation sites is 1. The molecule has 4 rings (SSSR count). The van der Waals surface area contributed by atoms with Gasteiger partial charge in [-0.1, -0.05) is 12.1 Å². The minimum atomic E-state index is -0.0391. The van der Waals surface area contributed by atoms with Crippen LogP contribution in [0.5, 0.6) is 0 Å². The molecule has 2 aromatic heterocycles. The summed E-state index contributed by atoms with van der Waals surface area (Å²) in [6.07, 6.45) is 6.23. The number of aromatic amines is 1. The predicted octanol–water partition coefficient (Wildman–Crippen LogP) is 1.72. The van der Waals surface area contributed by atoms with Crippen LogP contribution in [0.15, 0.2) is 36.7 Å². The second-order valence-corrected chi connectivity index (χ2v) is 6.81. The molecule has 27 heavy (non-hydrogen) atoms. The predicted molar refractivity (Wildman–Crippen MR) is 103 cm³/mol. The normalized spacial score (nSPS) is 17.6. The van der Waals surface area contributed by atoms with Gasteiger partial charge in [-0.3, -0.25) is 9.89 Å². The van der Waals surface area contributed by atoms with Crippen molar-refractivity contribution in [2.24, 2.45) is 0 Å². The van der Waals surface area contributed by atoms with E-state index in [9.17, 15) is 4.79 Å². The average molecular weight is 365 g/mol. The van der Waals surface area contributed by atoms with Crippen molar-refractivity contribution >= 4 is 22.6 Å². The standard InChI is InChI=1S/C19H23N7O/c20-16-7-10-22-17(24-16)12-26(14-4-2-8-21-9-6-14)19(27)15-5-1-3-13-11-23-25-18(13)15/h1,3,5,7,10-11,14,21H,2,4,6,8-9,12H2,(H,23,25)(H2,20,22,24). The van der Waals surface area contributed by atoms with Gasteiger partial charge in [-0.15, -0.1) is 0 Å². The van der Waals surface area contributed by atoms with Crippen LogP contribution in [0.25, 0.3) is 10.9 Å². The molecule has 8 heteroatoms. The summed E-state index contributed by atoms with van der Waals surface area (Å²) < 4.78 is 0. The molecule has 0 radical (unpaired) electrons. The van der Waals surface area contributed by atoms with Gasteiger partial charge in [0, 0.05) is 17.6 Å². The lowest BCUT2D eigenvalue weighted by Crippen LogP contribution is -2.41. The summed E-state index contributed by atoms with van der Waals surface area (Å²) in [5, 5.41) is 11.4. The summed E-state index contributed by atoms with van der Waals surface area (Å²) in [7, 11) is 0. The molecule has 0 bridgehead atoms. The minimum absolute atomic E-state index is 0.0391. The smallest absolute Gasteiger partial charge is 0.256 e. The van der Waals surface area contributed by atoms with Crippen molar-refractivity contribution < 1.29 is 4.79 Å². The number of H-pyrrole nitrogens is 1. The van der Waals surface area contributed by atoms with Gasteiger partial charge in [-0.2, -0.15) is 5.10 Å². The maximum Gasteiger partial charge on any atom is 0.256 e. The highest BCUT2D eigenvalue weighted by Gasteiger charge is 2.28. The first-order chi connectivity index (χ1) is 13.2. The topological polar surface area (TPSA) is 113 Å². The number of nitrogens with zero attached hydrogens (tertiary/aromatic N) is 4. The van der Waals surface area contributed by atoms with Gasteiger partial charge in [-0.05, 0) is 44.5 Å². The molecule has 1 unspecified atom stereocenters. The zero-order valence-corrected chi connectivity index (χ0v) is 15.1.